The molecule has 1 unspecified atom stereocenters. The molecular formula is C15H18FNS. The number of hydrogen-bond acceptors (Lipinski definition) is 2. The first-order chi connectivity index (χ1) is 8.63. The average molecular weight is 263 g/mol. The molecule has 1 aromatic heterocycles. The smallest absolute Gasteiger partial charge is 0.128 e. The highest BCUT2D eigenvalue weighted by molar-refractivity contribution is 7.10. The van der Waals surface area contributed by atoms with Gasteiger partial charge in [0.15, 0.2) is 0 Å². The Morgan fingerprint density at radius 2 is 2.00 bits per heavy atom. The Bertz CT molecular complexity index is 533. The summed E-state index contributed by atoms with van der Waals surface area (Å²) in [7, 11) is 0. The molecule has 0 fully saturated rings. The molecule has 96 valence electrons. The molecule has 0 amide bonds. The fourth-order valence-corrected chi connectivity index (χ4v) is 2.91. The summed E-state index contributed by atoms with van der Waals surface area (Å²) in [5.74, 6) is -0.142. The van der Waals surface area contributed by atoms with E-state index in [1.165, 1.54) is 10.4 Å². The van der Waals surface area contributed by atoms with Crippen molar-refractivity contribution in [2.45, 2.75) is 26.8 Å². The highest BCUT2D eigenvalue weighted by Gasteiger charge is 2.19. The Labute approximate surface area is 112 Å². The molecule has 2 aromatic rings. The lowest BCUT2D eigenvalue weighted by molar-refractivity contribution is 0.558. The molecule has 0 spiro atoms. The molecule has 0 aliphatic heterocycles. The summed E-state index contributed by atoms with van der Waals surface area (Å²) in [4.78, 5) is 1.24. The Balaban J connectivity index is 2.48. The zero-order valence-corrected chi connectivity index (χ0v) is 11.8. The summed E-state index contributed by atoms with van der Waals surface area (Å²) in [5, 5.41) is 5.44. The summed E-state index contributed by atoms with van der Waals surface area (Å²) in [6.45, 7) is 6.93. The van der Waals surface area contributed by atoms with Crippen molar-refractivity contribution in [3.05, 3.63) is 57.0 Å². The Morgan fingerprint density at radius 1 is 1.22 bits per heavy atom. The van der Waals surface area contributed by atoms with Crippen LogP contribution in [0, 0.1) is 19.7 Å². The van der Waals surface area contributed by atoms with Gasteiger partial charge in [-0.2, -0.15) is 0 Å². The molecule has 0 saturated heterocycles. The predicted octanol–water partition coefficient (Wildman–Crippen LogP) is 4.20. The predicted molar refractivity (Wildman–Crippen MR) is 75.7 cm³/mol. The number of halogens is 1. The number of thiophene rings is 1. The third-order valence-corrected chi connectivity index (χ3v) is 3.94. The van der Waals surface area contributed by atoms with Gasteiger partial charge in [0.05, 0.1) is 6.04 Å². The van der Waals surface area contributed by atoms with Gasteiger partial charge in [-0.1, -0.05) is 24.6 Å². The Kier molecular flexibility index (Phi) is 4.15. The standard InChI is InChI=1S/C15H18FNS/c1-4-17-15(12-7-8-18-11(12)3)13-9-10(2)5-6-14(13)16/h5-9,15,17H,4H2,1-3H3. The minimum atomic E-state index is -0.142. The van der Waals surface area contributed by atoms with E-state index in [1.807, 2.05) is 26.0 Å². The lowest BCUT2D eigenvalue weighted by atomic mass is 9.97. The second-order valence-electron chi connectivity index (χ2n) is 4.45. The van der Waals surface area contributed by atoms with Gasteiger partial charge in [0.1, 0.15) is 5.82 Å². The van der Waals surface area contributed by atoms with Gasteiger partial charge < -0.3 is 5.32 Å². The van der Waals surface area contributed by atoms with Crippen LogP contribution in [-0.4, -0.2) is 6.54 Å². The zero-order chi connectivity index (χ0) is 13.1. The average Bonchev–Trinajstić information content (AvgIpc) is 2.76. The van der Waals surface area contributed by atoms with E-state index in [0.29, 0.717) is 0 Å². The molecule has 0 saturated carbocycles. The summed E-state index contributed by atoms with van der Waals surface area (Å²) in [6, 6.07) is 7.31. The second-order valence-corrected chi connectivity index (χ2v) is 5.57. The lowest BCUT2D eigenvalue weighted by Gasteiger charge is -2.19. The van der Waals surface area contributed by atoms with Crippen LogP contribution in [0.25, 0.3) is 0 Å². The van der Waals surface area contributed by atoms with Gasteiger partial charge in [-0.25, -0.2) is 4.39 Å². The lowest BCUT2D eigenvalue weighted by Crippen LogP contribution is -2.23. The maximum absolute atomic E-state index is 14.0. The number of hydrogen-bond donors (Lipinski definition) is 1. The van der Waals surface area contributed by atoms with Gasteiger partial charge in [0.25, 0.3) is 0 Å². The van der Waals surface area contributed by atoms with Crippen LogP contribution < -0.4 is 5.32 Å². The van der Waals surface area contributed by atoms with E-state index >= 15 is 0 Å². The minimum Gasteiger partial charge on any atom is -0.306 e. The van der Waals surface area contributed by atoms with E-state index in [1.54, 1.807) is 17.4 Å². The van der Waals surface area contributed by atoms with Crippen LogP contribution in [-0.2, 0) is 0 Å². The van der Waals surface area contributed by atoms with Crippen LogP contribution >= 0.6 is 11.3 Å². The first-order valence-electron chi connectivity index (χ1n) is 6.17. The molecule has 1 atom stereocenters. The maximum atomic E-state index is 14.0. The van der Waals surface area contributed by atoms with E-state index < -0.39 is 0 Å². The highest BCUT2D eigenvalue weighted by Crippen LogP contribution is 2.30. The van der Waals surface area contributed by atoms with Gasteiger partial charge in [0.2, 0.25) is 0 Å². The van der Waals surface area contributed by atoms with Crippen LogP contribution in [0.15, 0.2) is 29.6 Å². The van der Waals surface area contributed by atoms with Crippen molar-refractivity contribution in [2.24, 2.45) is 0 Å². The monoisotopic (exact) mass is 263 g/mol. The molecule has 0 bridgehead atoms. The summed E-state index contributed by atoms with van der Waals surface area (Å²) >= 11 is 1.70. The number of benzene rings is 1. The largest absolute Gasteiger partial charge is 0.306 e. The molecule has 0 radical (unpaired) electrons. The van der Waals surface area contributed by atoms with Gasteiger partial charge >= 0.3 is 0 Å². The third kappa shape index (κ3) is 2.62. The molecule has 2 rings (SSSR count). The van der Waals surface area contributed by atoms with E-state index in [9.17, 15) is 4.39 Å². The summed E-state index contributed by atoms with van der Waals surface area (Å²) < 4.78 is 14.0. The first kappa shape index (κ1) is 13.2. The molecule has 1 aromatic carbocycles. The van der Waals surface area contributed by atoms with Crippen molar-refractivity contribution in [1.82, 2.24) is 5.32 Å². The zero-order valence-electron chi connectivity index (χ0n) is 11.0. The van der Waals surface area contributed by atoms with Crippen LogP contribution in [0.3, 0.4) is 0 Å². The van der Waals surface area contributed by atoms with Crippen molar-refractivity contribution in [2.75, 3.05) is 6.54 Å². The number of nitrogens with one attached hydrogen (secondary N) is 1. The molecule has 18 heavy (non-hydrogen) atoms. The van der Waals surface area contributed by atoms with Crippen LogP contribution in [0.5, 0.6) is 0 Å². The van der Waals surface area contributed by atoms with E-state index in [0.717, 1.165) is 17.7 Å². The van der Waals surface area contributed by atoms with Gasteiger partial charge in [-0.05, 0) is 43.5 Å². The third-order valence-electron chi connectivity index (χ3n) is 3.08. The summed E-state index contributed by atoms with van der Waals surface area (Å²) in [5.41, 5.74) is 2.99. The van der Waals surface area contributed by atoms with E-state index in [2.05, 4.69) is 23.7 Å². The molecule has 0 aliphatic carbocycles. The van der Waals surface area contributed by atoms with Crippen LogP contribution in [0.1, 0.15) is 34.5 Å². The van der Waals surface area contributed by atoms with Gasteiger partial charge in [-0.15, -0.1) is 11.3 Å². The Hall–Kier alpha value is -1.19. The molecule has 1 N–H and O–H groups in total. The van der Waals surface area contributed by atoms with Gasteiger partial charge in [0, 0.05) is 10.4 Å². The molecule has 3 heteroatoms. The van der Waals surface area contributed by atoms with E-state index in [-0.39, 0.29) is 11.9 Å². The van der Waals surface area contributed by atoms with Crippen molar-refractivity contribution < 1.29 is 4.39 Å². The quantitative estimate of drug-likeness (QED) is 0.871. The Morgan fingerprint density at radius 3 is 2.61 bits per heavy atom. The van der Waals surface area contributed by atoms with Gasteiger partial charge in [-0.3, -0.25) is 0 Å². The molecule has 1 nitrogen and oxygen atoms in total. The van der Waals surface area contributed by atoms with E-state index in [4.69, 9.17) is 0 Å². The normalized spacial score (nSPS) is 12.7. The van der Waals surface area contributed by atoms with Crippen molar-refractivity contribution in [3.63, 3.8) is 0 Å². The molecule has 0 aliphatic rings. The van der Waals surface area contributed by atoms with Crippen molar-refractivity contribution in [1.29, 1.82) is 0 Å². The highest BCUT2D eigenvalue weighted by atomic mass is 32.1. The van der Waals surface area contributed by atoms with Crippen molar-refractivity contribution >= 4 is 11.3 Å². The van der Waals surface area contributed by atoms with Crippen LogP contribution in [0.4, 0.5) is 4.39 Å². The fourth-order valence-electron chi connectivity index (χ4n) is 2.17. The number of aryl methyl sites for hydroxylation is 2. The minimum absolute atomic E-state index is 0.0545. The fraction of sp³-hybridized carbons (Fsp3) is 0.333. The molecule has 1 heterocycles. The topological polar surface area (TPSA) is 12.0 Å². The van der Waals surface area contributed by atoms with Crippen molar-refractivity contribution in [3.8, 4) is 0 Å². The summed E-state index contributed by atoms with van der Waals surface area (Å²) in [6.07, 6.45) is 0. The second kappa shape index (κ2) is 5.63. The first-order valence-corrected chi connectivity index (χ1v) is 7.05. The SMILES string of the molecule is CCNC(c1cc(C)ccc1F)c1ccsc1C. The molecular weight excluding hydrogens is 245 g/mol. The van der Waals surface area contributed by atoms with Crippen LogP contribution in [0.2, 0.25) is 0 Å². The maximum Gasteiger partial charge on any atom is 0.128 e. The number of rotatable bonds is 4.